The van der Waals surface area contributed by atoms with Crippen LogP contribution in [0.15, 0.2) is 18.2 Å². The van der Waals surface area contributed by atoms with E-state index in [0.29, 0.717) is 24.2 Å². The molecule has 98 valence electrons. The van der Waals surface area contributed by atoms with E-state index in [0.717, 1.165) is 0 Å². The highest BCUT2D eigenvalue weighted by Crippen LogP contribution is 2.29. The Morgan fingerprint density at radius 1 is 1.44 bits per heavy atom. The molecule has 1 amide bonds. The smallest absolute Gasteiger partial charge is 0.254 e. The van der Waals surface area contributed by atoms with Crippen LogP contribution in [-0.4, -0.2) is 34.6 Å². The maximum atomic E-state index is 13.4. The summed E-state index contributed by atoms with van der Waals surface area (Å²) in [5.41, 5.74) is 0.0663. The SMILES string of the molecule is Cc1ccc(C(=O)N2CC(O)(C(C)C)C2)cc1F. The molecule has 3 nitrogen and oxygen atoms in total. The minimum Gasteiger partial charge on any atom is -0.386 e. The number of likely N-dealkylation sites (tertiary alicyclic amines) is 1. The van der Waals surface area contributed by atoms with Crippen LogP contribution in [0.4, 0.5) is 4.39 Å². The van der Waals surface area contributed by atoms with Gasteiger partial charge in [-0.05, 0) is 30.5 Å². The van der Waals surface area contributed by atoms with E-state index in [4.69, 9.17) is 0 Å². The van der Waals surface area contributed by atoms with Crippen molar-refractivity contribution in [1.29, 1.82) is 0 Å². The molecule has 0 spiro atoms. The summed E-state index contributed by atoms with van der Waals surface area (Å²) < 4.78 is 13.4. The van der Waals surface area contributed by atoms with Crippen LogP contribution in [0.3, 0.4) is 0 Å². The van der Waals surface area contributed by atoms with Gasteiger partial charge >= 0.3 is 0 Å². The molecule has 0 atom stereocenters. The molecule has 0 aliphatic carbocycles. The number of rotatable bonds is 2. The molecule has 1 aromatic carbocycles. The van der Waals surface area contributed by atoms with Gasteiger partial charge in [-0.15, -0.1) is 0 Å². The molecule has 1 aliphatic rings. The number of hydrogen-bond donors (Lipinski definition) is 1. The highest BCUT2D eigenvalue weighted by atomic mass is 19.1. The van der Waals surface area contributed by atoms with Crippen LogP contribution in [0.5, 0.6) is 0 Å². The summed E-state index contributed by atoms with van der Waals surface area (Å²) in [6.07, 6.45) is 0. The fourth-order valence-electron chi connectivity index (χ4n) is 2.03. The number of carbonyl (C=O) groups is 1. The minimum absolute atomic E-state index is 0.108. The zero-order chi connectivity index (χ0) is 13.5. The molecule has 0 aromatic heterocycles. The van der Waals surface area contributed by atoms with Crippen LogP contribution in [0.25, 0.3) is 0 Å². The van der Waals surface area contributed by atoms with Crippen LogP contribution in [0.2, 0.25) is 0 Å². The number of halogens is 1. The summed E-state index contributed by atoms with van der Waals surface area (Å²) in [4.78, 5) is 13.6. The molecule has 2 rings (SSSR count). The normalized spacial score (nSPS) is 17.8. The monoisotopic (exact) mass is 251 g/mol. The highest BCUT2D eigenvalue weighted by Gasteiger charge is 2.45. The first-order valence-electron chi connectivity index (χ1n) is 6.11. The lowest BCUT2D eigenvalue weighted by Gasteiger charge is -2.49. The molecule has 0 unspecified atom stereocenters. The molecule has 0 bridgehead atoms. The molecule has 1 heterocycles. The van der Waals surface area contributed by atoms with Gasteiger partial charge in [0.15, 0.2) is 0 Å². The van der Waals surface area contributed by atoms with Crippen molar-refractivity contribution in [3.8, 4) is 0 Å². The van der Waals surface area contributed by atoms with E-state index >= 15 is 0 Å². The van der Waals surface area contributed by atoms with E-state index in [1.54, 1.807) is 24.0 Å². The first-order chi connectivity index (χ1) is 8.33. The summed E-state index contributed by atoms with van der Waals surface area (Å²) in [5, 5.41) is 10.1. The molecular formula is C14H18FNO2. The lowest BCUT2D eigenvalue weighted by atomic mass is 9.82. The van der Waals surface area contributed by atoms with Crippen molar-refractivity contribution in [1.82, 2.24) is 4.90 Å². The van der Waals surface area contributed by atoms with E-state index in [9.17, 15) is 14.3 Å². The van der Waals surface area contributed by atoms with Crippen molar-refractivity contribution >= 4 is 5.91 Å². The van der Waals surface area contributed by atoms with Gasteiger partial charge < -0.3 is 10.0 Å². The number of aryl methyl sites for hydroxylation is 1. The lowest BCUT2D eigenvalue weighted by Crippen LogP contribution is -2.65. The van der Waals surface area contributed by atoms with Gasteiger partial charge in [0.2, 0.25) is 0 Å². The Balaban J connectivity index is 2.08. The summed E-state index contributed by atoms with van der Waals surface area (Å²) in [6.45, 7) is 6.14. The summed E-state index contributed by atoms with van der Waals surface area (Å²) in [7, 11) is 0. The van der Waals surface area contributed by atoms with E-state index in [1.807, 2.05) is 13.8 Å². The van der Waals surface area contributed by atoms with Crippen molar-refractivity contribution in [2.75, 3.05) is 13.1 Å². The second-order valence-electron chi connectivity index (χ2n) is 5.38. The topological polar surface area (TPSA) is 40.5 Å². The fraction of sp³-hybridized carbons (Fsp3) is 0.500. The molecular weight excluding hydrogens is 233 g/mol. The number of β-amino-alcohol motifs (C(OH)–C–C–N with tert-alkyl or cyclic N) is 1. The average Bonchev–Trinajstić information content (AvgIpc) is 2.27. The van der Waals surface area contributed by atoms with Crippen molar-refractivity contribution in [2.45, 2.75) is 26.4 Å². The number of hydrogen-bond acceptors (Lipinski definition) is 2. The van der Waals surface area contributed by atoms with Crippen molar-refractivity contribution < 1.29 is 14.3 Å². The summed E-state index contributed by atoms with van der Waals surface area (Å²) in [5.74, 6) is -0.490. The predicted octanol–water partition coefficient (Wildman–Crippen LogP) is 1.98. The van der Waals surface area contributed by atoms with Gasteiger partial charge in [0, 0.05) is 5.56 Å². The Morgan fingerprint density at radius 3 is 2.56 bits per heavy atom. The van der Waals surface area contributed by atoms with Gasteiger partial charge in [0.05, 0.1) is 13.1 Å². The van der Waals surface area contributed by atoms with Crippen LogP contribution in [-0.2, 0) is 0 Å². The van der Waals surface area contributed by atoms with Crippen LogP contribution < -0.4 is 0 Å². The molecule has 18 heavy (non-hydrogen) atoms. The summed E-state index contributed by atoms with van der Waals surface area (Å²) >= 11 is 0. The number of amides is 1. The zero-order valence-electron chi connectivity index (χ0n) is 10.9. The molecule has 1 saturated heterocycles. The molecule has 1 fully saturated rings. The van der Waals surface area contributed by atoms with Crippen molar-refractivity contribution in [3.05, 3.63) is 35.1 Å². The van der Waals surface area contributed by atoms with Gasteiger partial charge in [0.25, 0.3) is 5.91 Å². The molecule has 1 aromatic rings. The quantitative estimate of drug-likeness (QED) is 0.873. The first kappa shape index (κ1) is 13.0. The van der Waals surface area contributed by atoms with Crippen LogP contribution in [0, 0.1) is 18.7 Å². The Morgan fingerprint density at radius 2 is 2.06 bits per heavy atom. The Hall–Kier alpha value is -1.42. The number of carbonyl (C=O) groups excluding carboxylic acids is 1. The third kappa shape index (κ3) is 2.12. The van der Waals surface area contributed by atoms with Crippen LogP contribution >= 0.6 is 0 Å². The number of benzene rings is 1. The van der Waals surface area contributed by atoms with E-state index in [-0.39, 0.29) is 17.6 Å². The van der Waals surface area contributed by atoms with Gasteiger partial charge in [-0.2, -0.15) is 0 Å². The van der Waals surface area contributed by atoms with Gasteiger partial charge in [-0.1, -0.05) is 19.9 Å². The molecule has 0 saturated carbocycles. The maximum Gasteiger partial charge on any atom is 0.254 e. The fourth-order valence-corrected chi connectivity index (χ4v) is 2.03. The van der Waals surface area contributed by atoms with Gasteiger partial charge in [-0.25, -0.2) is 4.39 Å². The molecule has 1 aliphatic heterocycles. The first-order valence-corrected chi connectivity index (χ1v) is 6.11. The van der Waals surface area contributed by atoms with Gasteiger partial charge in [0.1, 0.15) is 11.4 Å². The third-order valence-corrected chi connectivity index (χ3v) is 3.71. The Kier molecular flexibility index (Phi) is 3.15. The number of nitrogens with zero attached hydrogens (tertiary/aromatic N) is 1. The summed E-state index contributed by atoms with van der Waals surface area (Å²) in [6, 6.07) is 4.47. The van der Waals surface area contributed by atoms with Crippen molar-refractivity contribution in [3.63, 3.8) is 0 Å². The second-order valence-corrected chi connectivity index (χ2v) is 5.38. The average molecular weight is 251 g/mol. The Bertz CT molecular complexity index is 479. The third-order valence-electron chi connectivity index (χ3n) is 3.71. The largest absolute Gasteiger partial charge is 0.386 e. The standard InChI is InChI=1S/C14H18FNO2/c1-9(2)14(18)7-16(8-14)13(17)11-5-4-10(3)12(15)6-11/h4-6,9,18H,7-8H2,1-3H3. The predicted molar refractivity (Wildman–Crippen MR) is 66.8 cm³/mol. The Labute approximate surface area is 106 Å². The van der Waals surface area contributed by atoms with Gasteiger partial charge in [-0.3, -0.25) is 4.79 Å². The van der Waals surface area contributed by atoms with E-state index < -0.39 is 5.60 Å². The minimum atomic E-state index is -0.793. The van der Waals surface area contributed by atoms with Crippen LogP contribution in [0.1, 0.15) is 29.8 Å². The molecule has 4 heteroatoms. The maximum absolute atomic E-state index is 13.4. The van der Waals surface area contributed by atoms with E-state index in [1.165, 1.54) is 6.07 Å². The van der Waals surface area contributed by atoms with E-state index in [2.05, 4.69) is 0 Å². The zero-order valence-corrected chi connectivity index (χ0v) is 10.9. The number of aliphatic hydroxyl groups is 1. The molecule has 0 radical (unpaired) electrons. The van der Waals surface area contributed by atoms with Crippen molar-refractivity contribution in [2.24, 2.45) is 5.92 Å². The molecule has 1 N–H and O–H groups in total. The highest BCUT2D eigenvalue weighted by molar-refractivity contribution is 5.95. The second kappa shape index (κ2) is 4.35. The lowest BCUT2D eigenvalue weighted by molar-refractivity contribution is -0.110.